The van der Waals surface area contributed by atoms with Gasteiger partial charge in [0.1, 0.15) is 5.75 Å². The summed E-state index contributed by atoms with van der Waals surface area (Å²) in [5.41, 5.74) is 0.970. The molecule has 0 saturated carbocycles. The topological polar surface area (TPSA) is 41.6 Å². The van der Waals surface area contributed by atoms with E-state index in [0.717, 1.165) is 30.5 Å². The number of carbonyl (C=O) groups excluding carboxylic acids is 1. The summed E-state index contributed by atoms with van der Waals surface area (Å²) in [5.74, 6) is 0.499. The van der Waals surface area contributed by atoms with Gasteiger partial charge in [0.25, 0.3) is 0 Å². The van der Waals surface area contributed by atoms with E-state index < -0.39 is 11.7 Å². The van der Waals surface area contributed by atoms with Crippen LogP contribution in [0.2, 0.25) is 0 Å². The van der Waals surface area contributed by atoms with Gasteiger partial charge in [-0.05, 0) is 36.5 Å². The van der Waals surface area contributed by atoms with Crippen LogP contribution in [-0.4, -0.2) is 24.1 Å². The van der Waals surface area contributed by atoms with Crippen LogP contribution in [0.3, 0.4) is 0 Å². The van der Waals surface area contributed by atoms with E-state index in [0.29, 0.717) is 18.5 Å². The number of nitrogens with zero attached hydrogens (tertiary/aromatic N) is 1. The number of alkyl halides is 3. The normalized spacial score (nSPS) is 19.1. The van der Waals surface area contributed by atoms with Crippen LogP contribution >= 0.6 is 0 Å². The number of amides is 1. The lowest BCUT2D eigenvalue weighted by molar-refractivity contribution is -0.138. The number of ether oxygens (including phenoxy) is 1. The molecule has 1 aliphatic rings. The Morgan fingerprint density at radius 3 is 2.48 bits per heavy atom. The van der Waals surface area contributed by atoms with Gasteiger partial charge in [-0.15, -0.1) is 0 Å². The lowest BCUT2D eigenvalue weighted by Gasteiger charge is -2.32. The number of hydrogen-bond acceptors (Lipinski definition) is 3. The molecule has 2 unspecified atom stereocenters. The first-order chi connectivity index (χ1) is 14.7. The molecule has 0 bridgehead atoms. The molecule has 0 radical (unpaired) electrons. The third-order valence-electron chi connectivity index (χ3n) is 5.58. The molecule has 1 amide bonds. The van der Waals surface area contributed by atoms with Crippen molar-refractivity contribution in [3.05, 3.63) is 65.2 Å². The molecule has 0 aliphatic carbocycles. The van der Waals surface area contributed by atoms with Gasteiger partial charge in [-0.2, -0.15) is 13.2 Å². The maximum absolute atomic E-state index is 13.1. The van der Waals surface area contributed by atoms with E-state index in [9.17, 15) is 18.0 Å². The predicted molar refractivity (Wildman–Crippen MR) is 113 cm³/mol. The maximum Gasteiger partial charge on any atom is 0.416 e. The summed E-state index contributed by atoms with van der Waals surface area (Å²) in [6.07, 6.45) is -2.57. The van der Waals surface area contributed by atoms with Crippen LogP contribution in [0, 0.1) is 5.92 Å². The van der Waals surface area contributed by atoms with Crippen molar-refractivity contribution in [1.82, 2.24) is 10.2 Å². The van der Waals surface area contributed by atoms with E-state index in [1.807, 2.05) is 49.1 Å². The Kier molecular flexibility index (Phi) is 7.26. The van der Waals surface area contributed by atoms with Crippen molar-refractivity contribution in [1.29, 1.82) is 0 Å². The summed E-state index contributed by atoms with van der Waals surface area (Å²) in [5, 5.41) is 3.38. The fraction of sp³-hybridized carbons (Fsp3) is 0.458. The average Bonchev–Trinajstić information content (AvgIpc) is 3.15. The van der Waals surface area contributed by atoms with E-state index in [-0.39, 0.29) is 29.8 Å². The van der Waals surface area contributed by atoms with Gasteiger partial charge in [0, 0.05) is 18.5 Å². The van der Waals surface area contributed by atoms with E-state index >= 15 is 0 Å². The number of methoxy groups -OCH3 is 1. The minimum atomic E-state index is -4.42. The van der Waals surface area contributed by atoms with Crippen molar-refractivity contribution in [2.75, 3.05) is 7.11 Å². The second-order valence-corrected chi connectivity index (χ2v) is 8.32. The first-order valence-corrected chi connectivity index (χ1v) is 10.5. The monoisotopic (exact) mass is 434 g/mol. The van der Waals surface area contributed by atoms with Crippen LogP contribution in [0.15, 0.2) is 48.5 Å². The van der Waals surface area contributed by atoms with Gasteiger partial charge in [-0.1, -0.05) is 50.2 Å². The Morgan fingerprint density at radius 2 is 1.87 bits per heavy atom. The van der Waals surface area contributed by atoms with E-state index in [4.69, 9.17) is 4.74 Å². The molecule has 2 aromatic carbocycles. The van der Waals surface area contributed by atoms with Crippen LogP contribution in [0.1, 0.15) is 55.8 Å². The molecule has 1 saturated heterocycles. The van der Waals surface area contributed by atoms with Crippen molar-refractivity contribution in [3.63, 3.8) is 0 Å². The van der Waals surface area contributed by atoms with Crippen LogP contribution in [0.4, 0.5) is 13.2 Å². The van der Waals surface area contributed by atoms with Crippen molar-refractivity contribution < 1.29 is 22.7 Å². The number of rotatable bonds is 7. The highest BCUT2D eigenvalue weighted by Gasteiger charge is 2.37. The zero-order chi connectivity index (χ0) is 22.6. The first kappa shape index (κ1) is 23.1. The number of nitrogens with one attached hydrogen (secondary N) is 1. The minimum absolute atomic E-state index is 0.0144. The predicted octanol–water partition coefficient (Wildman–Crippen LogP) is 5.54. The van der Waals surface area contributed by atoms with Gasteiger partial charge < -0.3 is 9.64 Å². The quantitative estimate of drug-likeness (QED) is 0.622. The van der Waals surface area contributed by atoms with Crippen LogP contribution < -0.4 is 10.1 Å². The first-order valence-electron chi connectivity index (χ1n) is 10.5. The molecule has 1 fully saturated rings. The van der Waals surface area contributed by atoms with Crippen molar-refractivity contribution in [3.8, 4) is 5.75 Å². The molecule has 4 nitrogen and oxygen atoms in total. The Hall–Kier alpha value is -2.54. The van der Waals surface area contributed by atoms with E-state index in [1.165, 1.54) is 13.2 Å². The lowest BCUT2D eigenvalue weighted by Crippen LogP contribution is -2.45. The Bertz CT molecular complexity index is 884. The Balaban J connectivity index is 1.79. The minimum Gasteiger partial charge on any atom is -0.496 e. The molecular formula is C24H29F3N2O2. The summed E-state index contributed by atoms with van der Waals surface area (Å²) < 4.78 is 44.2. The summed E-state index contributed by atoms with van der Waals surface area (Å²) in [7, 11) is 1.36. The fourth-order valence-electron chi connectivity index (χ4n) is 4.11. The zero-order valence-corrected chi connectivity index (χ0v) is 18.1. The standard InChI is InChI=1S/C24H29F3N2O2/c1-16(2)13-23(30)29-20(17-7-5-4-6-8-17)11-12-22(29)28-15-18-9-10-19(24(25,26)27)14-21(18)31-3/h4-10,14,16,20,22,28H,11-13,15H2,1-3H3. The molecular weight excluding hydrogens is 405 g/mol. The summed E-state index contributed by atoms with van der Waals surface area (Å²) in [4.78, 5) is 15.0. The lowest BCUT2D eigenvalue weighted by atomic mass is 10.0. The van der Waals surface area contributed by atoms with Crippen LogP contribution in [0.25, 0.3) is 0 Å². The number of halogens is 3. The number of benzene rings is 2. The third-order valence-corrected chi connectivity index (χ3v) is 5.58. The molecule has 1 N–H and O–H groups in total. The third kappa shape index (κ3) is 5.58. The van der Waals surface area contributed by atoms with Gasteiger partial charge in [0.15, 0.2) is 0 Å². The van der Waals surface area contributed by atoms with E-state index in [2.05, 4.69) is 5.32 Å². The van der Waals surface area contributed by atoms with Gasteiger partial charge >= 0.3 is 6.18 Å². The molecule has 2 aromatic rings. The molecule has 0 aromatic heterocycles. The molecule has 7 heteroatoms. The van der Waals surface area contributed by atoms with Crippen molar-refractivity contribution in [2.45, 2.75) is 58.0 Å². The molecule has 0 spiro atoms. The van der Waals surface area contributed by atoms with Crippen LogP contribution in [0.5, 0.6) is 5.75 Å². The summed E-state index contributed by atoms with van der Waals surface area (Å²) in [6, 6.07) is 13.4. The highest BCUT2D eigenvalue weighted by Crippen LogP contribution is 2.37. The molecule has 2 atom stereocenters. The van der Waals surface area contributed by atoms with Gasteiger partial charge in [0.2, 0.25) is 5.91 Å². The molecule has 1 aliphatic heterocycles. The smallest absolute Gasteiger partial charge is 0.416 e. The van der Waals surface area contributed by atoms with Crippen molar-refractivity contribution >= 4 is 5.91 Å². The largest absolute Gasteiger partial charge is 0.496 e. The molecule has 168 valence electrons. The molecule has 1 heterocycles. The number of likely N-dealkylation sites (tertiary alicyclic amines) is 1. The van der Waals surface area contributed by atoms with Crippen LogP contribution in [-0.2, 0) is 17.5 Å². The Morgan fingerprint density at radius 1 is 1.16 bits per heavy atom. The van der Waals surface area contributed by atoms with Gasteiger partial charge in [-0.3, -0.25) is 10.1 Å². The van der Waals surface area contributed by atoms with Gasteiger partial charge in [0.05, 0.1) is 24.9 Å². The second kappa shape index (κ2) is 9.73. The SMILES string of the molecule is COc1cc(C(F)(F)F)ccc1CNC1CCC(c2ccccc2)N1C(=O)CC(C)C. The highest BCUT2D eigenvalue weighted by molar-refractivity contribution is 5.77. The maximum atomic E-state index is 13.1. The Labute approximate surface area is 181 Å². The zero-order valence-electron chi connectivity index (χ0n) is 18.1. The average molecular weight is 435 g/mol. The number of carbonyl (C=O) groups is 1. The number of hydrogen-bond donors (Lipinski definition) is 1. The molecule has 3 rings (SSSR count). The van der Waals surface area contributed by atoms with E-state index in [1.54, 1.807) is 0 Å². The summed E-state index contributed by atoms with van der Waals surface area (Å²) >= 11 is 0. The summed E-state index contributed by atoms with van der Waals surface area (Å²) in [6.45, 7) is 4.33. The second-order valence-electron chi connectivity index (χ2n) is 8.32. The fourth-order valence-corrected chi connectivity index (χ4v) is 4.11. The highest BCUT2D eigenvalue weighted by atomic mass is 19.4. The van der Waals surface area contributed by atoms with Crippen molar-refractivity contribution in [2.24, 2.45) is 5.92 Å². The van der Waals surface area contributed by atoms with Gasteiger partial charge in [-0.25, -0.2) is 0 Å². The molecule has 31 heavy (non-hydrogen) atoms.